The Morgan fingerprint density at radius 1 is 1.41 bits per heavy atom. The van der Waals surface area contributed by atoms with E-state index in [0.717, 1.165) is 52.0 Å². The van der Waals surface area contributed by atoms with Crippen LogP contribution in [0.4, 0.5) is 0 Å². The molecule has 1 aliphatic rings. The number of ether oxygens (including phenoxy) is 1. The summed E-state index contributed by atoms with van der Waals surface area (Å²) < 4.78 is 5.50. The van der Waals surface area contributed by atoms with Gasteiger partial charge in [0.15, 0.2) is 0 Å². The molecule has 1 atom stereocenters. The van der Waals surface area contributed by atoms with Gasteiger partial charge >= 0.3 is 0 Å². The molecular weight excluding hydrogens is 216 g/mol. The second kappa shape index (κ2) is 8.48. The van der Waals surface area contributed by atoms with Crippen LogP contribution in [0.5, 0.6) is 0 Å². The fourth-order valence-corrected chi connectivity index (χ4v) is 2.14. The van der Waals surface area contributed by atoms with Crippen molar-refractivity contribution in [1.29, 1.82) is 0 Å². The molecule has 4 nitrogen and oxygen atoms in total. The molecule has 0 bridgehead atoms. The van der Waals surface area contributed by atoms with Crippen molar-refractivity contribution in [2.45, 2.75) is 45.1 Å². The average molecular weight is 242 g/mol. The molecule has 1 aliphatic heterocycles. The number of likely N-dealkylation sites (tertiary alicyclic amines) is 1. The van der Waals surface area contributed by atoms with Gasteiger partial charge < -0.3 is 15.0 Å². The Balaban J connectivity index is 2.11. The first-order chi connectivity index (χ1) is 8.29. The van der Waals surface area contributed by atoms with E-state index >= 15 is 0 Å². The predicted molar refractivity (Wildman–Crippen MR) is 69.0 cm³/mol. The van der Waals surface area contributed by atoms with Crippen molar-refractivity contribution in [1.82, 2.24) is 10.2 Å². The third-order valence-electron chi connectivity index (χ3n) is 3.24. The van der Waals surface area contributed by atoms with E-state index in [1.807, 2.05) is 11.9 Å². The minimum atomic E-state index is 0.0322. The van der Waals surface area contributed by atoms with Crippen LogP contribution >= 0.6 is 0 Å². The van der Waals surface area contributed by atoms with Gasteiger partial charge in [-0.25, -0.2) is 0 Å². The smallest absolute Gasteiger partial charge is 0.239 e. The first-order valence-electron chi connectivity index (χ1n) is 6.83. The number of hydrogen-bond acceptors (Lipinski definition) is 3. The minimum Gasteiger partial charge on any atom is -0.381 e. The van der Waals surface area contributed by atoms with Gasteiger partial charge in [0, 0.05) is 26.3 Å². The standard InChI is InChI=1S/C13H26N2O2/c1-3-4-10-17-11-6-9-15-8-5-7-12(14-2)13(15)16/h12,14H,3-11H2,1-2H3. The third kappa shape index (κ3) is 5.04. The molecule has 1 amide bonds. The van der Waals surface area contributed by atoms with Crippen LogP contribution in [0.25, 0.3) is 0 Å². The van der Waals surface area contributed by atoms with Crippen molar-refractivity contribution in [2.75, 3.05) is 33.4 Å². The van der Waals surface area contributed by atoms with Crippen molar-refractivity contribution >= 4 is 5.91 Å². The molecule has 4 heteroatoms. The summed E-state index contributed by atoms with van der Waals surface area (Å²) in [4.78, 5) is 13.9. The fourth-order valence-electron chi connectivity index (χ4n) is 2.14. The molecule has 0 spiro atoms. The molecule has 0 aromatic rings. The highest BCUT2D eigenvalue weighted by Crippen LogP contribution is 2.11. The fraction of sp³-hybridized carbons (Fsp3) is 0.923. The third-order valence-corrected chi connectivity index (χ3v) is 3.24. The van der Waals surface area contributed by atoms with Crippen LogP contribution in [0.15, 0.2) is 0 Å². The minimum absolute atomic E-state index is 0.0322. The van der Waals surface area contributed by atoms with Crippen molar-refractivity contribution in [3.63, 3.8) is 0 Å². The average Bonchev–Trinajstić information content (AvgIpc) is 2.35. The SMILES string of the molecule is CCCCOCCCN1CCCC(NC)C1=O. The Morgan fingerprint density at radius 2 is 2.18 bits per heavy atom. The zero-order valence-electron chi connectivity index (χ0n) is 11.2. The van der Waals surface area contributed by atoms with E-state index in [-0.39, 0.29) is 11.9 Å². The van der Waals surface area contributed by atoms with Crippen LogP contribution < -0.4 is 5.32 Å². The molecule has 0 aliphatic carbocycles. The quantitative estimate of drug-likeness (QED) is 0.654. The Labute approximate surface area is 105 Å². The number of carbonyl (C=O) groups excluding carboxylic acids is 1. The predicted octanol–water partition coefficient (Wildman–Crippen LogP) is 1.40. The number of rotatable bonds is 8. The molecule has 100 valence electrons. The number of nitrogens with one attached hydrogen (secondary N) is 1. The van der Waals surface area contributed by atoms with E-state index in [1.165, 1.54) is 6.42 Å². The zero-order chi connectivity index (χ0) is 12.5. The largest absolute Gasteiger partial charge is 0.381 e. The molecule has 1 heterocycles. The highest BCUT2D eigenvalue weighted by atomic mass is 16.5. The summed E-state index contributed by atoms with van der Waals surface area (Å²) in [5, 5.41) is 3.08. The molecule has 1 rings (SSSR count). The first-order valence-corrected chi connectivity index (χ1v) is 6.83. The van der Waals surface area contributed by atoms with Gasteiger partial charge in [-0.3, -0.25) is 4.79 Å². The second-order valence-corrected chi connectivity index (χ2v) is 4.63. The maximum absolute atomic E-state index is 11.9. The van der Waals surface area contributed by atoms with Crippen LogP contribution in [0.2, 0.25) is 0 Å². The van der Waals surface area contributed by atoms with Gasteiger partial charge in [0.05, 0.1) is 6.04 Å². The van der Waals surface area contributed by atoms with E-state index < -0.39 is 0 Å². The van der Waals surface area contributed by atoms with Crippen molar-refractivity contribution in [3.05, 3.63) is 0 Å². The highest BCUT2D eigenvalue weighted by molar-refractivity contribution is 5.82. The van der Waals surface area contributed by atoms with Crippen LogP contribution in [0, 0.1) is 0 Å². The van der Waals surface area contributed by atoms with Gasteiger partial charge in [-0.1, -0.05) is 13.3 Å². The zero-order valence-corrected chi connectivity index (χ0v) is 11.2. The summed E-state index contributed by atoms with van der Waals surface area (Å²) in [6.07, 6.45) is 5.33. The van der Waals surface area contributed by atoms with Crippen LogP contribution in [-0.2, 0) is 9.53 Å². The summed E-state index contributed by atoms with van der Waals surface area (Å²) in [7, 11) is 1.86. The molecule has 0 aromatic carbocycles. The van der Waals surface area contributed by atoms with Crippen molar-refractivity contribution < 1.29 is 9.53 Å². The van der Waals surface area contributed by atoms with Crippen molar-refractivity contribution in [3.8, 4) is 0 Å². The maximum atomic E-state index is 11.9. The lowest BCUT2D eigenvalue weighted by Crippen LogP contribution is -2.49. The van der Waals surface area contributed by atoms with Gasteiger partial charge in [-0.2, -0.15) is 0 Å². The molecule has 1 unspecified atom stereocenters. The molecule has 0 saturated carbocycles. The lowest BCUT2D eigenvalue weighted by atomic mass is 10.0. The van der Waals surface area contributed by atoms with Gasteiger partial charge in [0.2, 0.25) is 5.91 Å². The monoisotopic (exact) mass is 242 g/mol. The number of unbranched alkanes of at least 4 members (excludes halogenated alkanes) is 1. The summed E-state index contributed by atoms with van der Waals surface area (Å²) >= 11 is 0. The summed E-state index contributed by atoms with van der Waals surface area (Å²) in [5.41, 5.74) is 0. The topological polar surface area (TPSA) is 41.6 Å². The maximum Gasteiger partial charge on any atom is 0.239 e. The Kier molecular flexibility index (Phi) is 7.21. The van der Waals surface area contributed by atoms with Gasteiger partial charge in [-0.15, -0.1) is 0 Å². The van der Waals surface area contributed by atoms with E-state index in [2.05, 4.69) is 12.2 Å². The normalized spacial score (nSPS) is 20.9. The molecule has 0 aromatic heterocycles. The lowest BCUT2D eigenvalue weighted by Gasteiger charge is -2.32. The van der Waals surface area contributed by atoms with E-state index in [0.29, 0.717) is 0 Å². The number of nitrogens with zero attached hydrogens (tertiary/aromatic N) is 1. The summed E-state index contributed by atoms with van der Waals surface area (Å²) in [6.45, 7) is 5.53. The summed E-state index contributed by atoms with van der Waals surface area (Å²) in [6, 6.07) is 0.0322. The van der Waals surface area contributed by atoms with Gasteiger partial charge in [-0.05, 0) is 32.7 Å². The second-order valence-electron chi connectivity index (χ2n) is 4.63. The number of amides is 1. The van der Waals surface area contributed by atoms with E-state index in [9.17, 15) is 4.79 Å². The van der Waals surface area contributed by atoms with E-state index in [1.54, 1.807) is 0 Å². The Morgan fingerprint density at radius 3 is 2.88 bits per heavy atom. The van der Waals surface area contributed by atoms with Crippen LogP contribution in [-0.4, -0.2) is 50.2 Å². The number of piperidine rings is 1. The molecule has 17 heavy (non-hydrogen) atoms. The lowest BCUT2D eigenvalue weighted by molar-refractivity contribution is -0.136. The number of likely N-dealkylation sites (N-methyl/N-ethyl adjacent to an activating group) is 1. The van der Waals surface area contributed by atoms with E-state index in [4.69, 9.17) is 4.74 Å². The molecule has 1 fully saturated rings. The molecular formula is C13H26N2O2. The molecule has 0 radical (unpaired) electrons. The van der Waals surface area contributed by atoms with Crippen molar-refractivity contribution in [2.24, 2.45) is 0 Å². The van der Waals surface area contributed by atoms with Gasteiger partial charge in [0.1, 0.15) is 0 Å². The van der Waals surface area contributed by atoms with Crippen LogP contribution in [0.3, 0.4) is 0 Å². The molecule has 1 N–H and O–H groups in total. The number of carbonyl (C=O) groups is 1. The highest BCUT2D eigenvalue weighted by Gasteiger charge is 2.26. The number of hydrogen-bond donors (Lipinski definition) is 1. The summed E-state index contributed by atoms with van der Waals surface area (Å²) in [5.74, 6) is 0.257. The molecule has 1 saturated heterocycles. The Hall–Kier alpha value is -0.610. The van der Waals surface area contributed by atoms with Gasteiger partial charge in [0.25, 0.3) is 0 Å². The first kappa shape index (κ1) is 14.5. The Bertz CT molecular complexity index is 221. The van der Waals surface area contributed by atoms with Crippen LogP contribution in [0.1, 0.15) is 39.0 Å².